The highest BCUT2D eigenvalue weighted by Gasteiger charge is 2.37. The summed E-state index contributed by atoms with van der Waals surface area (Å²) in [6.45, 7) is 1.70. The van der Waals surface area contributed by atoms with Crippen LogP contribution < -0.4 is 4.74 Å². The Bertz CT molecular complexity index is 1100. The van der Waals surface area contributed by atoms with Gasteiger partial charge in [-0.2, -0.15) is 13.2 Å². The van der Waals surface area contributed by atoms with Crippen LogP contribution in [0.2, 0.25) is 0 Å². The van der Waals surface area contributed by atoms with E-state index >= 15 is 0 Å². The van der Waals surface area contributed by atoms with E-state index in [1.807, 2.05) is 24.3 Å². The second kappa shape index (κ2) is 4.87. The maximum absolute atomic E-state index is 13.6. The molecule has 0 saturated carbocycles. The zero-order valence-corrected chi connectivity index (χ0v) is 13.0. The van der Waals surface area contributed by atoms with Crippen molar-refractivity contribution in [3.63, 3.8) is 0 Å². The second-order valence-electron chi connectivity index (χ2n) is 5.64. The van der Waals surface area contributed by atoms with E-state index in [0.29, 0.717) is 16.8 Å². The zero-order chi connectivity index (χ0) is 17.1. The summed E-state index contributed by atoms with van der Waals surface area (Å²) in [6, 6.07) is 12.3. The summed E-state index contributed by atoms with van der Waals surface area (Å²) in [5.74, 6) is 0.468. The van der Waals surface area contributed by atoms with Crippen LogP contribution in [0.3, 0.4) is 0 Å². The number of aromatic nitrogens is 2. The molecular weight excluding hydrogens is 317 g/mol. The number of rotatable bonds is 1. The van der Waals surface area contributed by atoms with E-state index in [1.54, 1.807) is 23.5 Å². The van der Waals surface area contributed by atoms with Crippen LogP contribution in [0.5, 0.6) is 5.75 Å². The van der Waals surface area contributed by atoms with Crippen LogP contribution in [-0.4, -0.2) is 16.5 Å². The highest BCUT2D eigenvalue weighted by atomic mass is 19.4. The first-order valence-electron chi connectivity index (χ1n) is 7.36. The molecule has 4 aromatic rings. The zero-order valence-electron chi connectivity index (χ0n) is 13.0. The molecule has 0 bridgehead atoms. The normalized spacial score (nSPS) is 12.4. The standard InChI is InChI=1S/C18H13F3N2O/c1-10-12-5-3-4-6-14(12)23-15-8-7-11(24-2)9-13(15)22-17(16(10)23)18(19,20)21/h3-9H,1-2H3. The third-order valence-electron chi connectivity index (χ3n) is 4.28. The summed E-state index contributed by atoms with van der Waals surface area (Å²) in [7, 11) is 1.47. The lowest BCUT2D eigenvalue weighted by atomic mass is 10.1. The molecule has 3 nitrogen and oxygen atoms in total. The lowest BCUT2D eigenvalue weighted by Gasteiger charge is -2.13. The van der Waals surface area contributed by atoms with Crippen LogP contribution >= 0.6 is 0 Å². The topological polar surface area (TPSA) is 26.5 Å². The van der Waals surface area contributed by atoms with Gasteiger partial charge in [-0.3, -0.25) is 0 Å². The number of halogens is 3. The lowest BCUT2D eigenvalue weighted by molar-refractivity contribution is -0.139. The van der Waals surface area contributed by atoms with Crippen molar-refractivity contribution in [2.24, 2.45) is 0 Å². The Hall–Kier alpha value is -2.76. The predicted octanol–water partition coefficient (Wildman–Crippen LogP) is 4.98. The van der Waals surface area contributed by atoms with Crippen LogP contribution in [0.15, 0.2) is 42.5 Å². The molecule has 0 amide bonds. The number of para-hydroxylation sites is 1. The summed E-state index contributed by atoms with van der Waals surface area (Å²) in [5.41, 5.74) is 1.38. The van der Waals surface area contributed by atoms with Gasteiger partial charge >= 0.3 is 6.18 Å². The average Bonchev–Trinajstić information content (AvgIpc) is 2.86. The molecule has 0 unspecified atom stereocenters. The molecule has 2 aromatic carbocycles. The molecule has 0 aliphatic carbocycles. The average molecular weight is 330 g/mol. The number of benzene rings is 2. The van der Waals surface area contributed by atoms with Crippen molar-refractivity contribution in [1.29, 1.82) is 0 Å². The minimum Gasteiger partial charge on any atom is -0.497 e. The van der Waals surface area contributed by atoms with Crippen LogP contribution in [0, 0.1) is 6.92 Å². The summed E-state index contributed by atoms with van der Waals surface area (Å²) in [4.78, 5) is 3.91. The third kappa shape index (κ3) is 1.95. The molecule has 122 valence electrons. The van der Waals surface area contributed by atoms with Gasteiger partial charge in [0.05, 0.1) is 29.2 Å². The summed E-state index contributed by atoms with van der Waals surface area (Å²) in [5, 5.41) is 0.785. The number of ether oxygens (including phenoxy) is 1. The van der Waals surface area contributed by atoms with Gasteiger partial charge in [-0.25, -0.2) is 4.98 Å². The molecule has 0 aliphatic heterocycles. The van der Waals surface area contributed by atoms with Crippen molar-refractivity contribution >= 4 is 27.5 Å². The minimum absolute atomic E-state index is 0.0985. The molecule has 24 heavy (non-hydrogen) atoms. The number of methoxy groups -OCH3 is 1. The van der Waals surface area contributed by atoms with E-state index in [1.165, 1.54) is 13.2 Å². The highest BCUT2D eigenvalue weighted by molar-refractivity contribution is 5.97. The second-order valence-corrected chi connectivity index (χ2v) is 5.64. The summed E-state index contributed by atoms with van der Waals surface area (Å²) < 4.78 is 47.6. The lowest BCUT2D eigenvalue weighted by Crippen LogP contribution is -2.11. The van der Waals surface area contributed by atoms with Crippen LogP contribution in [0.4, 0.5) is 13.2 Å². The van der Waals surface area contributed by atoms with E-state index < -0.39 is 11.9 Å². The molecule has 6 heteroatoms. The van der Waals surface area contributed by atoms with E-state index in [4.69, 9.17) is 4.74 Å². The minimum atomic E-state index is -4.54. The number of hydrogen-bond acceptors (Lipinski definition) is 2. The fourth-order valence-electron chi connectivity index (χ4n) is 3.22. The quantitative estimate of drug-likeness (QED) is 0.492. The maximum atomic E-state index is 13.6. The van der Waals surface area contributed by atoms with Gasteiger partial charge in [0.1, 0.15) is 5.75 Å². The van der Waals surface area contributed by atoms with Crippen molar-refractivity contribution in [2.75, 3.05) is 7.11 Å². The Kier molecular flexibility index (Phi) is 3.00. The van der Waals surface area contributed by atoms with Gasteiger partial charge in [0.15, 0.2) is 5.69 Å². The smallest absolute Gasteiger partial charge is 0.435 e. The van der Waals surface area contributed by atoms with Gasteiger partial charge in [0.25, 0.3) is 0 Å². The van der Waals surface area contributed by atoms with Gasteiger partial charge in [-0.05, 0) is 30.7 Å². The number of alkyl halides is 3. The van der Waals surface area contributed by atoms with E-state index in [-0.39, 0.29) is 11.0 Å². The summed E-state index contributed by atoms with van der Waals surface area (Å²) >= 11 is 0. The van der Waals surface area contributed by atoms with Crippen molar-refractivity contribution in [3.05, 3.63) is 53.7 Å². The van der Waals surface area contributed by atoms with Crippen molar-refractivity contribution in [2.45, 2.75) is 13.1 Å². The van der Waals surface area contributed by atoms with E-state index in [0.717, 1.165) is 10.9 Å². The largest absolute Gasteiger partial charge is 0.497 e. The van der Waals surface area contributed by atoms with Gasteiger partial charge in [-0.15, -0.1) is 0 Å². The van der Waals surface area contributed by atoms with E-state index in [2.05, 4.69) is 4.98 Å². The SMILES string of the molecule is COc1ccc2c(c1)nc(C(F)(F)F)c1c(C)c3ccccc3n12. The predicted molar refractivity (Wildman–Crippen MR) is 86.5 cm³/mol. The first-order chi connectivity index (χ1) is 11.4. The molecule has 0 radical (unpaired) electrons. The monoisotopic (exact) mass is 330 g/mol. The molecule has 0 N–H and O–H groups in total. The molecule has 0 spiro atoms. The first kappa shape index (κ1) is 14.8. The number of aryl methyl sites for hydroxylation is 1. The Balaban J connectivity index is 2.32. The molecule has 2 heterocycles. The van der Waals surface area contributed by atoms with Crippen molar-refractivity contribution in [3.8, 4) is 5.75 Å². The molecule has 0 atom stereocenters. The third-order valence-corrected chi connectivity index (χ3v) is 4.28. The Morgan fingerprint density at radius 2 is 1.79 bits per heavy atom. The number of fused-ring (bicyclic) bond motifs is 5. The van der Waals surface area contributed by atoms with Crippen LogP contribution in [0.1, 0.15) is 11.3 Å². The van der Waals surface area contributed by atoms with Crippen molar-refractivity contribution < 1.29 is 17.9 Å². The van der Waals surface area contributed by atoms with E-state index in [9.17, 15) is 13.2 Å². The van der Waals surface area contributed by atoms with Gasteiger partial charge in [0.2, 0.25) is 0 Å². The molecule has 0 fully saturated rings. The molecule has 0 aliphatic rings. The van der Waals surface area contributed by atoms with Gasteiger partial charge in [0, 0.05) is 11.5 Å². The van der Waals surface area contributed by atoms with Crippen molar-refractivity contribution in [1.82, 2.24) is 9.38 Å². The molecule has 4 rings (SSSR count). The maximum Gasteiger partial charge on any atom is 0.435 e. The molecule has 0 saturated heterocycles. The van der Waals surface area contributed by atoms with Crippen LogP contribution in [-0.2, 0) is 6.18 Å². The van der Waals surface area contributed by atoms with Gasteiger partial charge < -0.3 is 9.14 Å². The Morgan fingerprint density at radius 1 is 1.04 bits per heavy atom. The van der Waals surface area contributed by atoms with Crippen LogP contribution in [0.25, 0.3) is 27.5 Å². The first-order valence-corrected chi connectivity index (χ1v) is 7.36. The molecule has 2 aromatic heterocycles. The molecular formula is C18H13F3N2O. The Morgan fingerprint density at radius 3 is 2.50 bits per heavy atom. The van der Waals surface area contributed by atoms with Gasteiger partial charge in [-0.1, -0.05) is 18.2 Å². The fourth-order valence-corrected chi connectivity index (χ4v) is 3.22. The highest BCUT2D eigenvalue weighted by Crippen LogP contribution is 2.38. The summed E-state index contributed by atoms with van der Waals surface area (Å²) in [6.07, 6.45) is -4.54. The number of nitrogens with zero attached hydrogens (tertiary/aromatic N) is 2. The Labute approximate surface area is 135 Å². The number of hydrogen-bond donors (Lipinski definition) is 0. The fraction of sp³-hybridized carbons (Fsp3) is 0.167.